The highest BCUT2D eigenvalue weighted by Gasteiger charge is 2.36. The number of imide groups is 1. The summed E-state index contributed by atoms with van der Waals surface area (Å²) in [6.45, 7) is 1.14. The molecule has 3 rings (SSSR count). The number of amides is 4. The van der Waals surface area contributed by atoms with Crippen molar-refractivity contribution >= 4 is 58.1 Å². The summed E-state index contributed by atoms with van der Waals surface area (Å²) in [6.07, 6.45) is 1.42. The highest BCUT2D eigenvalue weighted by Crippen LogP contribution is 2.34. The Morgan fingerprint density at radius 3 is 2.71 bits per heavy atom. The topological polar surface area (TPSA) is 119 Å². The Bertz CT molecular complexity index is 1100. The summed E-state index contributed by atoms with van der Waals surface area (Å²) in [7, 11) is 0. The van der Waals surface area contributed by atoms with Crippen LogP contribution in [0.1, 0.15) is 11.1 Å². The van der Waals surface area contributed by atoms with Gasteiger partial charge in [-0.2, -0.15) is 0 Å². The molecule has 0 atom stereocenters. The molecule has 0 unspecified atom stereocenters. The highest BCUT2D eigenvalue weighted by molar-refractivity contribution is 8.18. The molecule has 3 N–H and O–H groups in total. The number of nitrogens with zero attached hydrogens (tertiary/aromatic N) is 1. The van der Waals surface area contributed by atoms with E-state index < -0.39 is 23.6 Å². The summed E-state index contributed by atoms with van der Waals surface area (Å²) in [4.78, 5) is 48.6. The van der Waals surface area contributed by atoms with Crippen molar-refractivity contribution in [2.45, 2.75) is 6.92 Å². The second-order valence-corrected chi connectivity index (χ2v) is 8.05. The molecule has 160 valence electrons. The molecule has 0 radical (unpaired) electrons. The van der Waals surface area contributed by atoms with E-state index in [-0.39, 0.29) is 17.4 Å². The van der Waals surface area contributed by atoms with Gasteiger partial charge in [0, 0.05) is 16.3 Å². The normalized spacial score (nSPS) is 14.8. The zero-order chi connectivity index (χ0) is 22.5. The van der Waals surface area contributed by atoms with Crippen molar-refractivity contribution in [2.75, 3.05) is 18.5 Å². The number of hydrogen-bond donors (Lipinski definition) is 2. The van der Waals surface area contributed by atoms with Gasteiger partial charge in [-0.15, -0.1) is 0 Å². The lowest BCUT2D eigenvalue weighted by atomic mass is 10.2. The van der Waals surface area contributed by atoms with Gasteiger partial charge in [0.25, 0.3) is 17.1 Å². The molecule has 2 aromatic carbocycles. The molecule has 4 amide bonds. The molecule has 0 aliphatic carbocycles. The molecular weight excluding hydrogens is 442 g/mol. The van der Waals surface area contributed by atoms with Crippen LogP contribution in [-0.2, 0) is 14.4 Å². The number of ether oxygens (including phenoxy) is 1. The van der Waals surface area contributed by atoms with Crippen LogP contribution in [0.3, 0.4) is 0 Å². The van der Waals surface area contributed by atoms with Crippen molar-refractivity contribution in [1.82, 2.24) is 4.90 Å². The second-order valence-electron chi connectivity index (χ2n) is 6.62. The van der Waals surface area contributed by atoms with E-state index >= 15 is 0 Å². The smallest absolute Gasteiger partial charge is 0.294 e. The number of benzene rings is 2. The molecular formula is C21H18ClN3O5S. The monoisotopic (exact) mass is 459 g/mol. The number of carbonyl (C=O) groups is 4. The second kappa shape index (κ2) is 9.67. The van der Waals surface area contributed by atoms with Gasteiger partial charge in [0.2, 0.25) is 5.91 Å². The predicted octanol–water partition coefficient (Wildman–Crippen LogP) is 3.19. The Balaban J connectivity index is 1.74. The van der Waals surface area contributed by atoms with Crippen LogP contribution in [0.5, 0.6) is 5.75 Å². The fraction of sp³-hybridized carbons (Fsp3) is 0.143. The van der Waals surface area contributed by atoms with E-state index in [2.05, 4.69) is 5.32 Å². The lowest BCUT2D eigenvalue weighted by Crippen LogP contribution is -2.36. The first-order chi connectivity index (χ1) is 14.7. The van der Waals surface area contributed by atoms with E-state index in [1.54, 1.807) is 18.2 Å². The van der Waals surface area contributed by atoms with E-state index in [1.807, 2.05) is 25.1 Å². The third kappa shape index (κ3) is 5.87. The number of nitrogens with one attached hydrogen (secondary N) is 1. The Labute approximate surface area is 187 Å². The first-order valence-corrected chi connectivity index (χ1v) is 10.2. The standard InChI is InChI=1S/C21H18ClN3O5S/c1-12-3-2-4-15(7-12)24-19(27)11-30-16-6-5-14(22)8-13(16)9-17-20(28)25(10-18(23)26)21(29)31-17/h2-9H,10-11H2,1H3,(H2,23,26)(H,24,27)/b17-9-. The van der Waals surface area contributed by atoms with Crippen LogP contribution in [-0.4, -0.2) is 41.0 Å². The zero-order valence-electron chi connectivity index (χ0n) is 16.4. The number of primary amides is 1. The van der Waals surface area contributed by atoms with Crippen LogP contribution in [0.15, 0.2) is 47.4 Å². The van der Waals surface area contributed by atoms with E-state index in [0.717, 1.165) is 10.5 Å². The molecule has 0 saturated carbocycles. The lowest BCUT2D eigenvalue weighted by Gasteiger charge is -2.11. The van der Waals surface area contributed by atoms with E-state index in [1.165, 1.54) is 12.1 Å². The van der Waals surface area contributed by atoms with Gasteiger partial charge in [0.15, 0.2) is 6.61 Å². The number of aryl methyl sites for hydroxylation is 1. The van der Waals surface area contributed by atoms with Gasteiger partial charge in [-0.3, -0.25) is 24.1 Å². The molecule has 0 aromatic heterocycles. The Hall–Kier alpha value is -3.30. The van der Waals surface area contributed by atoms with Crippen molar-refractivity contribution < 1.29 is 23.9 Å². The van der Waals surface area contributed by atoms with Crippen molar-refractivity contribution in [1.29, 1.82) is 0 Å². The maximum atomic E-state index is 12.4. The third-order valence-electron chi connectivity index (χ3n) is 4.11. The zero-order valence-corrected chi connectivity index (χ0v) is 18.0. The summed E-state index contributed by atoms with van der Waals surface area (Å²) < 4.78 is 5.61. The van der Waals surface area contributed by atoms with E-state index in [4.69, 9.17) is 22.1 Å². The first kappa shape index (κ1) is 22.4. The highest BCUT2D eigenvalue weighted by atomic mass is 35.5. The van der Waals surface area contributed by atoms with Crippen molar-refractivity contribution in [3.63, 3.8) is 0 Å². The fourth-order valence-electron chi connectivity index (χ4n) is 2.76. The Kier molecular flexibility index (Phi) is 6.98. The molecule has 1 fully saturated rings. The molecule has 10 heteroatoms. The van der Waals surface area contributed by atoms with Crippen molar-refractivity contribution in [2.24, 2.45) is 5.73 Å². The van der Waals surface area contributed by atoms with Crippen LogP contribution in [0.4, 0.5) is 10.5 Å². The largest absolute Gasteiger partial charge is 0.483 e. The summed E-state index contributed by atoms with van der Waals surface area (Å²) in [5, 5.41) is 2.51. The number of rotatable bonds is 7. The van der Waals surface area contributed by atoms with Crippen LogP contribution in [0.2, 0.25) is 5.02 Å². The van der Waals surface area contributed by atoms with Crippen molar-refractivity contribution in [3.8, 4) is 5.75 Å². The maximum Gasteiger partial charge on any atom is 0.294 e. The molecule has 31 heavy (non-hydrogen) atoms. The van der Waals surface area contributed by atoms with Gasteiger partial charge in [-0.05, 0) is 60.7 Å². The van der Waals surface area contributed by atoms with Gasteiger partial charge in [0.1, 0.15) is 12.3 Å². The van der Waals surface area contributed by atoms with E-state index in [0.29, 0.717) is 33.8 Å². The number of halogens is 1. The SMILES string of the molecule is Cc1cccc(NC(=O)COc2ccc(Cl)cc2/C=C2\SC(=O)N(CC(N)=O)C2=O)c1. The molecule has 1 saturated heterocycles. The predicted molar refractivity (Wildman–Crippen MR) is 119 cm³/mol. The van der Waals surface area contributed by atoms with Gasteiger partial charge in [-0.1, -0.05) is 23.7 Å². The van der Waals surface area contributed by atoms with Crippen LogP contribution in [0, 0.1) is 6.92 Å². The maximum absolute atomic E-state index is 12.4. The average molecular weight is 460 g/mol. The minimum Gasteiger partial charge on any atom is -0.483 e. The van der Waals surface area contributed by atoms with Gasteiger partial charge in [0.05, 0.1) is 4.91 Å². The van der Waals surface area contributed by atoms with Crippen LogP contribution < -0.4 is 15.8 Å². The minimum atomic E-state index is -0.796. The summed E-state index contributed by atoms with van der Waals surface area (Å²) in [6, 6.07) is 12.0. The average Bonchev–Trinajstić information content (AvgIpc) is 2.94. The molecule has 1 aliphatic heterocycles. The van der Waals surface area contributed by atoms with Crippen LogP contribution >= 0.6 is 23.4 Å². The molecule has 2 aromatic rings. The van der Waals surface area contributed by atoms with Crippen LogP contribution in [0.25, 0.3) is 6.08 Å². The molecule has 1 heterocycles. The summed E-state index contributed by atoms with van der Waals surface area (Å²) in [5.74, 6) is -1.51. The molecule has 8 nitrogen and oxygen atoms in total. The number of carbonyl (C=O) groups excluding carboxylic acids is 4. The van der Waals surface area contributed by atoms with Gasteiger partial charge < -0.3 is 15.8 Å². The summed E-state index contributed by atoms with van der Waals surface area (Å²) >= 11 is 6.73. The number of thioether (sulfide) groups is 1. The number of anilines is 1. The minimum absolute atomic E-state index is 0.0857. The molecule has 0 bridgehead atoms. The first-order valence-electron chi connectivity index (χ1n) is 9.05. The molecule has 0 spiro atoms. The van der Waals surface area contributed by atoms with Crippen molar-refractivity contribution in [3.05, 3.63) is 63.5 Å². The number of nitrogens with two attached hydrogens (primary N) is 1. The lowest BCUT2D eigenvalue weighted by molar-refractivity contribution is -0.127. The summed E-state index contributed by atoms with van der Waals surface area (Å²) in [5.41, 5.74) is 7.13. The third-order valence-corrected chi connectivity index (χ3v) is 5.25. The Morgan fingerprint density at radius 2 is 2.00 bits per heavy atom. The molecule has 1 aliphatic rings. The van der Waals surface area contributed by atoms with Gasteiger partial charge >= 0.3 is 0 Å². The number of hydrogen-bond acceptors (Lipinski definition) is 6. The van der Waals surface area contributed by atoms with Gasteiger partial charge in [-0.25, -0.2) is 0 Å². The fourth-order valence-corrected chi connectivity index (χ4v) is 3.77. The quantitative estimate of drug-likeness (QED) is 0.614. The Morgan fingerprint density at radius 1 is 1.23 bits per heavy atom. The van der Waals surface area contributed by atoms with E-state index in [9.17, 15) is 19.2 Å².